The summed E-state index contributed by atoms with van der Waals surface area (Å²) in [7, 11) is 1.26. The summed E-state index contributed by atoms with van der Waals surface area (Å²) in [6.07, 6.45) is 3.47. The summed E-state index contributed by atoms with van der Waals surface area (Å²) in [6, 6.07) is 10.8. The van der Waals surface area contributed by atoms with Crippen molar-refractivity contribution in [1.82, 2.24) is 15.5 Å². The number of ether oxygens (including phenoxy) is 2. The molecule has 3 amide bonds. The molecule has 0 saturated carbocycles. The van der Waals surface area contributed by atoms with Crippen molar-refractivity contribution < 1.29 is 19.1 Å². The number of aromatic amines is 1. The molecule has 5 rings (SSSR count). The second kappa shape index (κ2) is 9.11. The maximum absolute atomic E-state index is 13.4. The first-order valence-corrected chi connectivity index (χ1v) is 11.2. The summed E-state index contributed by atoms with van der Waals surface area (Å²) in [5.74, 6) is 0. The molecular formula is C24H27N5O4. The number of H-pyrrole nitrogens is 1. The van der Waals surface area contributed by atoms with Crippen LogP contribution in [-0.4, -0.2) is 55.7 Å². The Hall–Kier alpha value is -3.59. The molecule has 0 radical (unpaired) electrons. The molecule has 2 heterocycles. The van der Waals surface area contributed by atoms with E-state index in [1.807, 2.05) is 12.1 Å². The number of anilines is 2. The molecular weight excluding hydrogens is 422 g/mol. The Bertz CT molecular complexity index is 1170. The van der Waals surface area contributed by atoms with Crippen LogP contribution in [0, 0.1) is 0 Å². The molecule has 0 bridgehead atoms. The SMILES string of the molecule is COC(=O)N(C(=O)NC1CCc2c1cccc2N1CCCOCC1)c1cccc2[nH]ncc12. The van der Waals surface area contributed by atoms with Crippen LogP contribution in [0.2, 0.25) is 0 Å². The first-order chi connectivity index (χ1) is 16.2. The summed E-state index contributed by atoms with van der Waals surface area (Å²) in [6.45, 7) is 3.32. The molecule has 0 spiro atoms. The van der Waals surface area contributed by atoms with Gasteiger partial charge in [-0.1, -0.05) is 18.2 Å². The van der Waals surface area contributed by atoms with Gasteiger partial charge in [-0.2, -0.15) is 10.00 Å². The summed E-state index contributed by atoms with van der Waals surface area (Å²) in [5.41, 5.74) is 4.71. The van der Waals surface area contributed by atoms with Gasteiger partial charge < -0.3 is 19.7 Å². The van der Waals surface area contributed by atoms with Gasteiger partial charge in [-0.05, 0) is 48.6 Å². The number of hydrogen-bond acceptors (Lipinski definition) is 6. The predicted molar refractivity (Wildman–Crippen MR) is 125 cm³/mol. The van der Waals surface area contributed by atoms with Crippen molar-refractivity contribution in [2.75, 3.05) is 43.2 Å². The third-order valence-corrected chi connectivity index (χ3v) is 6.37. The number of methoxy groups -OCH3 is 1. The highest BCUT2D eigenvalue weighted by Crippen LogP contribution is 2.38. The van der Waals surface area contributed by atoms with Crippen molar-refractivity contribution in [2.45, 2.75) is 25.3 Å². The zero-order chi connectivity index (χ0) is 22.8. The number of imide groups is 1. The van der Waals surface area contributed by atoms with Crippen molar-refractivity contribution in [1.29, 1.82) is 0 Å². The van der Waals surface area contributed by atoms with Crippen LogP contribution in [0.4, 0.5) is 21.0 Å². The number of urea groups is 1. The quantitative estimate of drug-likeness (QED) is 0.632. The van der Waals surface area contributed by atoms with E-state index in [4.69, 9.17) is 9.47 Å². The Morgan fingerprint density at radius 3 is 2.97 bits per heavy atom. The highest BCUT2D eigenvalue weighted by Gasteiger charge is 2.32. The number of rotatable bonds is 3. The van der Waals surface area contributed by atoms with Crippen molar-refractivity contribution in [3.05, 3.63) is 53.7 Å². The number of carbonyl (C=O) groups excluding carboxylic acids is 2. The molecule has 3 aromatic rings. The Labute approximate surface area is 191 Å². The molecule has 172 valence electrons. The number of hydrogen-bond donors (Lipinski definition) is 2. The summed E-state index contributed by atoms with van der Waals surface area (Å²) < 4.78 is 10.5. The van der Waals surface area contributed by atoms with Crippen LogP contribution >= 0.6 is 0 Å². The molecule has 1 aliphatic heterocycles. The number of benzene rings is 2. The van der Waals surface area contributed by atoms with Gasteiger partial charge in [-0.15, -0.1) is 0 Å². The lowest BCUT2D eigenvalue weighted by Crippen LogP contribution is -2.45. The van der Waals surface area contributed by atoms with Gasteiger partial charge in [-0.3, -0.25) is 5.10 Å². The highest BCUT2D eigenvalue weighted by atomic mass is 16.5. The average molecular weight is 450 g/mol. The first kappa shape index (κ1) is 21.3. The van der Waals surface area contributed by atoms with Crippen molar-refractivity contribution in [3.63, 3.8) is 0 Å². The van der Waals surface area contributed by atoms with Crippen LogP contribution in [0.3, 0.4) is 0 Å². The van der Waals surface area contributed by atoms with Gasteiger partial charge in [0.1, 0.15) is 0 Å². The van der Waals surface area contributed by atoms with Gasteiger partial charge >= 0.3 is 12.1 Å². The standard InChI is InChI=1S/C24H27N5O4/c1-32-24(31)29(22-8-3-6-20-18(22)15-25-27-20)23(30)26-19-10-9-17-16(19)5-2-7-21(17)28-11-4-13-33-14-12-28/h2-3,5-8,15,19H,4,9-14H2,1H3,(H,25,27)(H,26,30). The molecule has 9 heteroatoms. The zero-order valence-corrected chi connectivity index (χ0v) is 18.5. The maximum Gasteiger partial charge on any atom is 0.422 e. The first-order valence-electron chi connectivity index (χ1n) is 11.2. The van der Waals surface area contributed by atoms with Crippen LogP contribution < -0.4 is 15.1 Å². The summed E-state index contributed by atoms with van der Waals surface area (Å²) in [5, 5.41) is 10.6. The van der Waals surface area contributed by atoms with Crippen molar-refractivity contribution >= 4 is 34.4 Å². The molecule has 9 nitrogen and oxygen atoms in total. The molecule has 1 fully saturated rings. The largest absolute Gasteiger partial charge is 0.452 e. The van der Waals surface area contributed by atoms with E-state index in [9.17, 15) is 9.59 Å². The Balaban J connectivity index is 1.42. The minimum absolute atomic E-state index is 0.189. The minimum atomic E-state index is -0.752. The molecule has 33 heavy (non-hydrogen) atoms. The number of carbonyl (C=O) groups is 2. The molecule has 2 aliphatic rings. The lowest BCUT2D eigenvalue weighted by molar-refractivity contribution is 0.152. The number of fused-ring (bicyclic) bond motifs is 2. The van der Waals surface area contributed by atoms with Gasteiger partial charge in [0.15, 0.2) is 0 Å². The van der Waals surface area contributed by atoms with Gasteiger partial charge in [0.2, 0.25) is 0 Å². The average Bonchev–Trinajstić information content (AvgIpc) is 3.38. The van der Waals surface area contributed by atoms with Crippen LogP contribution in [0.5, 0.6) is 0 Å². The fraction of sp³-hybridized carbons (Fsp3) is 0.375. The van der Waals surface area contributed by atoms with Crippen LogP contribution in [0.25, 0.3) is 10.9 Å². The smallest absolute Gasteiger partial charge is 0.422 e. The number of nitrogens with one attached hydrogen (secondary N) is 2. The third-order valence-electron chi connectivity index (χ3n) is 6.37. The second-order valence-corrected chi connectivity index (χ2v) is 8.25. The topological polar surface area (TPSA) is 99.8 Å². The van der Waals surface area contributed by atoms with Crippen LogP contribution in [-0.2, 0) is 15.9 Å². The van der Waals surface area contributed by atoms with E-state index in [1.54, 1.807) is 18.3 Å². The fourth-order valence-corrected chi connectivity index (χ4v) is 4.81. The summed E-state index contributed by atoms with van der Waals surface area (Å²) >= 11 is 0. The van der Waals surface area contributed by atoms with E-state index >= 15 is 0 Å². The van der Waals surface area contributed by atoms with Crippen molar-refractivity contribution in [2.24, 2.45) is 0 Å². The normalized spacial score (nSPS) is 18.0. The van der Waals surface area contributed by atoms with Crippen LogP contribution in [0.1, 0.15) is 30.0 Å². The van der Waals surface area contributed by atoms with Crippen molar-refractivity contribution in [3.8, 4) is 0 Å². The van der Waals surface area contributed by atoms with E-state index in [1.165, 1.54) is 18.4 Å². The van der Waals surface area contributed by atoms with Gasteiger partial charge in [0.25, 0.3) is 0 Å². The minimum Gasteiger partial charge on any atom is -0.452 e. The predicted octanol–water partition coefficient (Wildman–Crippen LogP) is 3.76. The fourth-order valence-electron chi connectivity index (χ4n) is 4.81. The lowest BCUT2D eigenvalue weighted by Gasteiger charge is -2.26. The molecule has 1 unspecified atom stereocenters. The second-order valence-electron chi connectivity index (χ2n) is 8.25. The van der Waals surface area contributed by atoms with E-state index in [-0.39, 0.29) is 6.04 Å². The maximum atomic E-state index is 13.4. The van der Waals surface area contributed by atoms with E-state index in [2.05, 4.69) is 32.5 Å². The molecule has 1 aromatic heterocycles. The van der Waals surface area contributed by atoms with E-state index in [0.29, 0.717) is 11.1 Å². The molecule has 1 atom stereocenters. The zero-order valence-electron chi connectivity index (χ0n) is 18.5. The highest BCUT2D eigenvalue weighted by molar-refractivity contribution is 6.16. The van der Waals surface area contributed by atoms with Gasteiger partial charge in [-0.25, -0.2) is 9.59 Å². The Morgan fingerprint density at radius 1 is 1.21 bits per heavy atom. The third kappa shape index (κ3) is 4.00. The van der Waals surface area contributed by atoms with Crippen LogP contribution in [0.15, 0.2) is 42.6 Å². The lowest BCUT2D eigenvalue weighted by atomic mass is 10.1. The molecule has 2 N–H and O–H groups in total. The Kier molecular flexibility index (Phi) is 5.87. The van der Waals surface area contributed by atoms with Gasteiger partial charge in [0.05, 0.1) is 37.2 Å². The number of amides is 3. The number of nitrogens with zero attached hydrogens (tertiary/aromatic N) is 3. The molecule has 1 saturated heterocycles. The van der Waals surface area contributed by atoms with E-state index < -0.39 is 12.1 Å². The monoisotopic (exact) mass is 449 g/mol. The molecule has 1 aliphatic carbocycles. The summed E-state index contributed by atoms with van der Waals surface area (Å²) in [4.78, 5) is 29.4. The molecule has 2 aromatic carbocycles. The van der Waals surface area contributed by atoms with Gasteiger partial charge in [0, 0.05) is 30.8 Å². The Morgan fingerprint density at radius 2 is 2.09 bits per heavy atom. The number of aromatic nitrogens is 2. The van der Waals surface area contributed by atoms with E-state index in [0.717, 1.165) is 61.5 Å².